The third-order valence-electron chi connectivity index (χ3n) is 8.99. The molecule has 4 heteroatoms. The number of rotatable bonds is 4. The number of para-hydroxylation sites is 1. The molecule has 0 aromatic heterocycles. The zero-order valence-electron chi connectivity index (χ0n) is 23.5. The summed E-state index contributed by atoms with van der Waals surface area (Å²) >= 11 is 0. The number of benzene rings is 3. The van der Waals surface area contributed by atoms with Gasteiger partial charge >= 0.3 is 0 Å². The summed E-state index contributed by atoms with van der Waals surface area (Å²) in [5.74, 6) is 0.150. The van der Waals surface area contributed by atoms with Crippen molar-refractivity contribution in [3.05, 3.63) is 126 Å². The predicted octanol–water partition coefficient (Wildman–Crippen LogP) is 7.53. The molecule has 0 saturated heterocycles. The second-order valence-corrected chi connectivity index (χ2v) is 14.1. The van der Waals surface area contributed by atoms with E-state index in [4.69, 9.17) is 0 Å². The summed E-state index contributed by atoms with van der Waals surface area (Å²) in [6, 6.07) is 32.3. The van der Waals surface area contributed by atoms with Crippen LogP contribution >= 0.6 is 0 Å². The van der Waals surface area contributed by atoms with Crippen LogP contribution in [0.4, 0.5) is 11.4 Å². The van der Waals surface area contributed by atoms with Crippen molar-refractivity contribution in [1.29, 1.82) is 5.26 Å². The second-order valence-electron chi connectivity index (χ2n) is 11.5. The number of aliphatic imine (C=N–C) groups is 1. The van der Waals surface area contributed by atoms with E-state index >= 15 is 0 Å². The van der Waals surface area contributed by atoms with Crippen LogP contribution in [0.2, 0.25) is 5.54 Å². The highest BCUT2D eigenvalue weighted by Crippen LogP contribution is 2.44. The van der Waals surface area contributed by atoms with Crippen molar-refractivity contribution in [2.45, 2.75) is 50.6 Å². The fourth-order valence-corrected chi connectivity index (χ4v) is 10.5. The third-order valence-corrected chi connectivity index (χ3v) is 12.2. The molecule has 0 bridgehead atoms. The SMILES string of the molecule is CC1CC(C2=CCCC=C2c2cccc(N3c4ccccc4[Si](c4ccccc4)C4C=CCCC43)c2)=CN=C1C#N. The van der Waals surface area contributed by atoms with Crippen molar-refractivity contribution in [3.63, 3.8) is 0 Å². The number of fused-ring (bicyclic) bond motifs is 2. The number of allylic oxidation sites excluding steroid dienone is 6. The van der Waals surface area contributed by atoms with E-state index in [1.807, 2.05) is 6.20 Å². The monoisotopic (exact) mass is 548 g/mol. The highest BCUT2D eigenvalue weighted by atomic mass is 28.3. The van der Waals surface area contributed by atoms with Gasteiger partial charge in [0.2, 0.25) is 0 Å². The molecule has 3 nitrogen and oxygen atoms in total. The van der Waals surface area contributed by atoms with E-state index in [1.165, 1.54) is 50.5 Å². The van der Waals surface area contributed by atoms with Gasteiger partial charge in [-0.1, -0.05) is 97.1 Å². The van der Waals surface area contributed by atoms with E-state index in [0.29, 0.717) is 17.3 Å². The summed E-state index contributed by atoms with van der Waals surface area (Å²) in [7, 11) is -0.977. The molecule has 2 aliphatic heterocycles. The third kappa shape index (κ3) is 4.65. The van der Waals surface area contributed by atoms with Gasteiger partial charge in [-0.05, 0) is 77.8 Å². The van der Waals surface area contributed by atoms with Crippen LogP contribution in [0, 0.1) is 17.2 Å². The van der Waals surface area contributed by atoms with Crippen molar-refractivity contribution < 1.29 is 0 Å². The summed E-state index contributed by atoms with van der Waals surface area (Å²) in [6.45, 7) is 2.11. The fraction of sp³-hybridized carbons (Fsp3) is 0.243. The molecule has 0 amide bonds. The Morgan fingerprint density at radius 3 is 2.54 bits per heavy atom. The van der Waals surface area contributed by atoms with E-state index < -0.39 is 8.80 Å². The molecule has 0 fully saturated rings. The smallest absolute Gasteiger partial charge is 0.133 e. The first-order chi connectivity index (χ1) is 20.2. The van der Waals surface area contributed by atoms with Gasteiger partial charge in [-0.15, -0.1) is 0 Å². The molecule has 201 valence electrons. The molecule has 7 rings (SSSR count). The normalized spacial score (nSPS) is 23.8. The van der Waals surface area contributed by atoms with Gasteiger partial charge in [-0.3, -0.25) is 0 Å². The molecule has 1 radical (unpaired) electrons. The molecule has 0 spiro atoms. The van der Waals surface area contributed by atoms with E-state index in [0.717, 1.165) is 25.7 Å². The zero-order chi connectivity index (χ0) is 27.8. The summed E-state index contributed by atoms with van der Waals surface area (Å²) in [6.07, 6.45) is 16.9. The molecule has 41 heavy (non-hydrogen) atoms. The zero-order valence-corrected chi connectivity index (χ0v) is 24.5. The number of nitrogens with zero attached hydrogens (tertiary/aromatic N) is 3. The highest BCUT2D eigenvalue weighted by Gasteiger charge is 2.43. The Hall–Kier alpha value is -4.20. The van der Waals surface area contributed by atoms with Gasteiger partial charge in [-0.2, -0.15) is 5.26 Å². The minimum absolute atomic E-state index is 0.150. The number of nitriles is 1. The Morgan fingerprint density at radius 1 is 0.902 bits per heavy atom. The number of hydrogen-bond donors (Lipinski definition) is 0. The minimum atomic E-state index is -0.977. The molecule has 3 atom stereocenters. The van der Waals surface area contributed by atoms with Crippen LogP contribution in [0.3, 0.4) is 0 Å². The van der Waals surface area contributed by atoms with Crippen LogP contribution < -0.4 is 15.3 Å². The maximum atomic E-state index is 9.43. The van der Waals surface area contributed by atoms with Crippen LogP contribution in [0.15, 0.2) is 126 Å². The van der Waals surface area contributed by atoms with Crippen LogP contribution in [0.25, 0.3) is 5.57 Å². The van der Waals surface area contributed by atoms with E-state index in [-0.39, 0.29) is 5.92 Å². The lowest BCUT2D eigenvalue weighted by Gasteiger charge is -2.48. The maximum absolute atomic E-state index is 9.43. The molecule has 3 aromatic rings. The molecular formula is C37H34N3Si. The first kappa shape index (κ1) is 25.7. The Morgan fingerprint density at radius 2 is 1.71 bits per heavy atom. The fourth-order valence-electron chi connectivity index (χ4n) is 7.11. The molecule has 4 aliphatic rings. The van der Waals surface area contributed by atoms with E-state index in [2.05, 4.69) is 126 Å². The molecule has 2 aliphatic carbocycles. The highest BCUT2D eigenvalue weighted by molar-refractivity contribution is 6.88. The predicted molar refractivity (Wildman–Crippen MR) is 173 cm³/mol. The average molecular weight is 549 g/mol. The average Bonchev–Trinajstić information content (AvgIpc) is 3.04. The summed E-state index contributed by atoms with van der Waals surface area (Å²) in [5, 5.41) is 12.4. The maximum Gasteiger partial charge on any atom is 0.133 e. The Balaban J connectivity index is 1.30. The van der Waals surface area contributed by atoms with Crippen molar-refractivity contribution in [2.24, 2.45) is 10.9 Å². The minimum Gasteiger partial charge on any atom is -0.338 e. The largest absolute Gasteiger partial charge is 0.338 e. The standard InChI is InChI=1S/C37H34N3Si/c1-26-22-28(25-39-33(26)24-38)32-17-6-5-16-31(32)27-12-11-13-29(23-27)40-34-18-7-9-20-36(34)41(30-14-3-2-4-15-30)37-21-10-8-19-35(37)40/h2-4,7,9-18,20-21,23,25-26,35,37H,5-6,8,19,22H2,1H3. The molecule has 2 heterocycles. The summed E-state index contributed by atoms with van der Waals surface area (Å²) < 4.78 is 0. The lowest BCUT2D eigenvalue weighted by atomic mass is 9.82. The summed E-state index contributed by atoms with van der Waals surface area (Å²) in [5.41, 5.74) is 8.87. The van der Waals surface area contributed by atoms with E-state index in [1.54, 1.807) is 0 Å². The van der Waals surface area contributed by atoms with Crippen LogP contribution in [0.5, 0.6) is 0 Å². The van der Waals surface area contributed by atoms with E-state index in [9.17, 15) is 5.26 Å². The van der Waals surface area contributed by atoms with Crippen molar-refractivity contribution in [1.82, 2.24) is 0 Å². The topological polar surface area (TPSA) is 39.4 Å². The molecule has 3 unspecified atom stereocenters. The molecular weight excluding hydrogens is 515 g/mol. The van der Waals surface area contributed by atoms with Gasteiger partial charge in [0.15, 0.2) is 0 Å². The van der Waals surface area contributed by atoms with Gasteiger partial charge in [-0.25, -0.2) is 4.99 Å². The van der Waals surface area contributed by atoms with Gasteiger partial charge in [0.25, 0.3) is 0 Å². The van der Waals surface area contributed by atoms with Gasteiger partial charge < -0.3 is 4.90 Å². The van der Waals surface area contributed by atoms with Gasteiger partial charge in [0.05, 0.1) is 0 Å². The molecule has 0 N–H and O–H groups in total. The number of anilines is 2. The quantitative estimate of drug-likeness (QED) is 0.250. The number of hydrogen-bond acceptors (Lipinski definition) is 3. The lowest BCUT2D eigenvalue weighted by molar-refractivity contribution is 0.581. The van der Waals surface area contributed by atoms with Crippen LogP contribution in [-0.2, 0) is 0 Å². The summed E-state index contributed by atoms with van der Waals surface area (Å²) in [4.78, 5) is 7.18. The first-order valence-electron chi connectivity index (χ1n) is 14.9. The first-order valence-corrected chi connectivity index (χ1v) is 16.5. The Bertz CT molecular complexity index is 1670. The van der Waals surface area contributed by atoms with Crippen molar-refractivity contribution >= 4 is 41.8 Å². The Labute approximate surface area is 245 Å². The van der Waals surface area contributed by atoms with Gasteiger partial charge in [0, 0.05) is 35.1 Å². The Kier molecular flexibility index (Phi) is 6.90. The lowest BCUT2D eigenvalue weighted by Crippen LogP contribution is -2.58. The molecule has 3 aromatic carbocycles. The van der Waals surface area contributed by atoms with Gasteiger partial charge in [0.1, 0.15) is 20.6 Å². The van der Waals surface area contributed by atoms with Crippen molar-refractivity contribution in [3.8, 4) is 6.07 Å². The molecule has 0 saturated carbocycles. The van der Waals surface area contributed by atoms with Crippen molar-refractivity contribution in [2.75, 3.05) is 4.90 Å². The van der Waals surface area contributed by atoms with Crippen LogP contribution in [-0.4, -0.2) is 20.6 Å². The second kappa shape index (κ2) is 11.0. The van der Waals surface area contributed by atoms with Crippen LogP contribution in [0.1, 0.15) is 44.6 Å².